The summed E-state index contributed by atoms with van der Waals surface area (Å²) in [6.07, 6.45) is -0.406. The van der Waals surface area contributed by atoms with Crippen LogP contribution in [-0.4, -0.2) is 53.6 Å². The van der Waals surface area contributed by atoms with Crippen LogP contribution in [0.1, 0.15) is 21.7 Å². The second-order valence-electron chi connectivity index (χ2n) is 7.78. The SMILES string of the molecule is Cc1nn(-c2ccc(C(=O)OCC(=O)NC(=O)NCC3COc4ccccc4O3)cc2)c(C)c1Cl. The van der Waals surface area contributed by atoms with E-state index < -0.39 is 30.6 Å². The van der Waals surface area contributed by atoms with Gasteiger partial charge in [0.15, 0.2) is 24.2 Å². The molecule has 10 nitrogen and oxygen atoms in total. The molecule has 0 fully saturated rings. The van der Waals surface area contributed by atoms with Gasteiger partial charge >= 0.3 is 12.0 Å². The number of hydrogen-bond acceptors (Lipinski definition) is 7. The number of amides is 3. The van der Waals surface area contributed by atoms with Crippen LogP contribution in [0.2, 0.25) is 5.02 Å². The van der Waals surface area contributed by atoms with Crippen molar-refractivity contribution in [1.82, 2.24) is 20.4 Å². The van der Waals surface area contributed by atoms with Gasteiger partial charge in [-0.1, -0.05) is 23.7 Å². The van der Waals surface area contributed by atoms with E-state index in [0.717, 1.165) is 11.4 Å². The first-order chi connectivity index (χ1) is 16.8. The Bertz CT molecular complexity index is 1260. The lowest BCUT2D eigenvalue weighted by Crippen LogP contribution is -2.46. The van der Waals surface area contributed by atoms with Crippen LogP contribution in [0.3, 0.4) is 0 Å². The number of para-hydroxylation sites is 2. The summed E-state index contributed by atoms with van der Waals surface area (Å²) in [5.74, 6) is -0.252. The quantitative estimate of drug-likeness (QED) is 0.501. The molecule has 2 aromatic carbocycles. The number of fused-ring (bicyclic) bond motifs is 1. The number of imide groups is 1. The zero-order valence-electron chi connectivity index (χ0n) is 19.0. The highest BCUT2D eigenvalue weighted by atomic mass is 35.5. The molecule has 3 aromatic rings. The number of urea groups is 1. The maximum atomic E-state index is 12.3. The van der Waals surface area contributed by atoms with Gasteiger partial charge in [0.25, 0.3) is 5.91 Å². The second-order valence-corrected chi connectivity index (χ2v) is 8.15. The maximum Gasteiger partial charge on any atom is 0.338 e. The molecule has 35 heavy (non-hydrogen) atoms. The first-order valence-electron chi connectivity index (χ1n) is 10.8. The Morgan fingerprint density at radius 1 is 1.11 bits per heavy atom. The molecule has 4 rings (SSSR count). The molecule has 1 aliphatic heterocycles. The minimum absolute atomic E-state index is 0.125. The fourth-order valence-electron chi connectivity index (χ4n) is 3.41. The number of halogens is 1. The predicted molar refractivity (Wildman–Crippen MR) is 126 cm³/mol. The number of hydrogen-bond donors (Lipinski definition) is 2. The summed E-state index contributed by atoms with van der Waals surface area (Å²) in [7, 11) is 0. The lowest BCUT2D eigenvalue weighted by molar-refractivity contribution is -0.123. The number of nitrogens with one attached hydrogen (secondary N) is 2. The molecular formula is C24H23ClN4O6. The van der Waals surface area contributed by atoms with E-state index in [1.165, 1.54) is 0 Å². The van der Waals surface area contributed by atoms with Crippen LogP contribution in [0.4, 0.5) is 4.79 Å². The van der Waals surface area contributed by atoms with E-state index in [2.05, 4.69) is 15.7 Å². The highest BCUT2D eigenvalue weighted by molar-refractivity contribution is 6.31. The molecule has 11 heteroatoms. The number of esters is 1. The van der Waals surface area contributed by atoms with Crippen LogP contribution in [0, 0.1) is 13.8 Å². The molecule has 1 aromatic heterocycles. The summed E-state index contributed by atoms with van der Waals surface area (Å²) in [6.45, 7) is 3.42. The van der Waals surface area contributed by atoms with Gasteiger partial charge in [0.1, 0.15) is 6.61 Å². The highest BCUT2D eigenvalue weighted by Crippen LogP contribution is 2.30. The molecule has 182 valence electrons. The lowest BCUT2D eigenvalue weighted by Gasteiger charge is -2.26. The molecule has 0 spiro atoms. The lowest BCUT2D eigenvalue weighted by atomic mass is 10.2. The van der Waals surface area contributed by atoms with E-state index in [0.29, 0.717) is 22.2 Å². The minimum Gasteiger partial charge on any atom is -0.486 e. The van der Waals surface area contributed by atoms with E-state index in [4.69, 9.17) is 25.8 Å². The fraction of sp³-hybridized carbons (Fsp3) is 0.250. The van der Waals surface area contributed by atoms with Gasteiger partial charge in [0, 0.05) is 0 Å². The zero-order chi connectivity index (χ0) is 24.9. The van der Waals surface area contributed by atoms with Crippen molar-refractivity contribution in [2.24, 2.45) is 0 Å². The van der Waals surface area contributed by atoms with Crippen LogP contribution in [0.15, 0.2) is 48.5 Å². The number of rotatable bonds is 6. The van der Waals surface area contributed by atoms with Gasteiger partial charge in [-0.2, -0.15) is 5.10 Å². The third-order valence-corrected chi connectivity index (χ3v) is 5.74. The number of carbonyl (C=O) groups excluding carboxylic acids is 3. The Labute approximate surface area is 206 Å². The first-order valence-corrected chi connectivity index (χ1v) is 11.1. The number of nitrogens with zero attached hydrogens (tertiary/aromatic N) is 2. The third-order valence-electron chi connectivity index (χ3n) is 5.20. The standard InChI is InChI=1S/C24H23ClN4O6/c1-14-22(25)15(2)29(28-14)17-9-7-16(8-10-17)23(31)34-13-21(30)27-24(32)26-11-18-12-33-19-5-3-4-6-20(19)35-18/h3-10,18H,11-13H2,1-2H3,(H2,26,27,30,32). The predicted octanol–water partition coefficient (Wildman–Crippen LogP) is 2.97. The number of ether oxygens (including phenoxy) is 3. The second kappa shape index (κ2) is 10.5. The maximum absolute atomic E-state index is 12.3. The van der Waals surface area contributed by atoms with Gasteiger partial charge in [-0.05, 0) is 50.2 Å². The molecule has 2 heterocycles. The van der Waals surface area contributed by atoms with E-state index in [1.54, 1.807) is 48.0 Å². The Morgan fingerprint density at radius 2 is 1.83 bits per heavy atom. The average molecular weight is 499 g/mol. The Hall–Kier alpha value is -4.05. The largest absolute Gasteiger partial charge is 0.486 e. The molecule has 0 saturated carbocycles. The van der Waals surface area contributed by atoms with Crippen LogP contribution in [0.5, 0.6) is 11.5 Å². The Balaban J connectivity index is 1.21. The summed E-state index contributed by atoms with van der Waals surface area (Å²) in [5.41, 5.74) is 2.45. The van der Waals surface area contributed by atoms with Crippen molar-refractivity contribution in [1.29, 1.82) is 0 Å². The third kappa shape index (κ3) is 5.72. The van der Waals surface area contributed by atoms with Gasteiger partial charge in [-0.3, -0.25) is 10.1 Å². The van der Waals surface area contributed by atoms with Crippen molar-refractivity contribution in [3.63, 3.8) is 0 Å². The van der Waals surface area contributed by atoms with Crippen molar-refractivity contribution in [3.8, 4) is 17.2 Å². The van der Waals surface area contributed by atoms with Gasteiger partial charge in [0.2, 0.25) is 0 Å². The Kier molecular flexibility index (Phi) is 7.21. The first kappa shape index (κ1) is 24.1. The van der Waals surface area contributed by atoms with Gasteiger partial charge in [-0.15, -0.1) is 0 Å². The van der Waals surface area contributed by atoms with Gasteiger partial charge in [0.05, 0.1) is 34.2 Å². The van der Waals surface area contributed by atoms with Crippen molar-refractivity contribution in [2.45, 2.75) is 20.0 Å². The summed E-state index contributed by atoms with van der Waals surface area (Å²) in [6, 6.07) is 13.0. The monoisotopic (exact) mass is 498 g/mol. The minimum atomic E-state index is -0.768. The van der Waals surface area contributed by atoms with E-state index in [-0.39, 0.29) is 18.7 Å². The summed E-state index contributed by atoms with van der Waals surface area (Å²) in [4.78, 5) is 36.2. The number of aromatic nitrogens is 2. The average Bonchev–Trinajstić information content (AvgIpc) is 3.13. The van der Waals surface area contributed by atoms with Crippen LogP contribution in [-0.2, 0) is 9.53 Å². The molecule has 2 N–H and O–H groups in total. The molecule has 1 unspecified atom stereocenters. The van der Waals surface area contributed by atoms with Gasteiger partial charge in [-0.25, -0.2) is 14.3 Å². The molecule has 0 aliphatic carbocycles. The molecular weight excluding hydrogens is 476 g/mol. The fourth-order valence-corrected chi connectivity index (χ4v) is 3.52. The summed E-state index contributed by atoms with van der Waals surface area (Å²) < 4.78 is 18.0. The van der Waals surface area contributed by atoms with Crippen LogP contribution in [0.25, 0.3) is 5.69 Å². The molecule has 0 radical (unpaired) electrons. The van der Waals surface area contributed by atoms with Crippen LogP contribution < -0.4 is 20.1 Å². The smallest absolute Gasteiger partial charge is 0.338 e. The molecule has 1 aliphatic rings. The normalized spacial score (nSPS) is 14.2. The molecule has 0 bridgehead atoms. The van der Waals surface area contributed by atoms with Crippen molar-refractivity contribution >= 4 is 29.5 Å². The summed E-state index contributed by atoms with van der Waals surface area (Å²) in [5, 5.41) is 9.57. The molecule has 1 atom stereocenters. The zero-order valence-corrected chi connectivity index (χ0v) is 19.8. The van der Waals surface area contributed by atoms with Crippen LogP contribution >= 0.6 is 11.6 Å². The summed E-state index contributed by atoms with van der Waals surface area (Å²) >= 11 is 6.18. The molecule has 0 saturated heterocycles. The topological polar surface area (TPSA) is 121 Å². The Morgan fingerprint density at radius 3 is 2.51 bits per heavy atom. The number of benzene rings is 2. The number of aryl methyl sites for hydroxylation is 1. The van der Waals surface area contributed by atoms with Gasteiger partial charge < -0.3 is 19.5 Å². The van der Waals surface area contributed by atoms with Crippen molar-refractivity contribution in [3.05, 3.63) is 70.5 Å². The van der Waals surface area contributed by atoms with Crippen molar-refractivity contribution in [2.75, 3.05) is 19.8 Å². The van der Waals surface area contributed by atoms with E-state index in [1.807, 2.05) is 19.1 Å². The van der Waals surface area contributed by atoms with Crippen molar-refractivity contribution < 1.29 is 28.6 Å². The number of carbonyl (C=O) groups is 3. The molecule has 3 amide bonds. The van der Waals surface area contributed by atoms with E-state index in [9.17, 15) is 14.4 Å². The highest BCUT2D eigenvalue weighted by Gasteiger charge is 2.21. The van der Waals surface area contributed by atoms with E-state index >= 15 is 0 Å².